The van der Waals surface area contributed by atoms with Gasteiger partial charge in [0.25, 0.3) is 0 Å². The summed E-state index contributed by atoms with van der Waals surface area (Å²) in [5.41, 5.74) is 5.74. The van der Waals surface area contributed by atoms with E-state index in [9.17, 15) is 9.18 Å². The summed E-state index contributed by atoms with van der Waals surface area (Å²) in [6.45, 7) is 3.31. The number of benzene rings is 2. The summed E-state index contributed by atoms with van der Waals surface area (Å²) in [6, 6.07) is 15.2. The largest absolute Gasteiger partial charge is 0.473 e. The van der Waals surface area contributed by atoms with Crippen molar-refractivity contribution in [1.82, 2.24) is 9.97 Å². The molecule has 3 rings (SSSR count). The van der Waals surface area contributed by atoms with Gasteiger partial charge in [-0.25, -0.2) is 9.37 Å². The molecule has 0 atom stereocenters. The summed E-state index contributed by atoms with van der Waals surface area (Å²) >= 11 is 0. The van der Waals surface area contributed by atoms with Crippen LogP contribution < -0.4 is 21.1 Å². The molecule has 0 aliphatic carbocycles. The van der Waals surface area contributed by atoms with Crippen LogP contribution in [0.25, 0.3) is 0 Å². The molecule has 0 aliphatic heterocycles. The first-order chi connectivity index (χ1) is 14.3. The zero-order valence-electron chi connectivity index (χ0n) is 16.3. The number of primary amides is 1. The molecule has 0 unspecified atom stereocenters. The molecular weight excluding hydrogens is 387 g/mol. The van der Waals surface area contributed by atoms with Gasteiger partial charge in [-0.05, 0) is 56.3 Å². The second kappa shape index (κ2) is 8.45. The molecule has 4 N–H and O–H groups in total. The van der Waals surface area contributed by atoms with Crippen molar-refractivity contribution in [2.45, 2.75) is 19.4 Å². The molecule has 0 spiro atoms. The normalized spacial score (nSPS) is 10.7. The van der Waals surface area contributed by atoms with Gasteiger partial charge in [0, 0.05) is 16.9 Å². The van der Waals surface area contributed by atoms with Crippen molar-refractivity contribution in [2.24, 2.45) is 5.73 Å². The summed E-state index contributed by atoms with van der Waals surface area (Å²) in [5.74, 6) is -0.600. The van der Waals surface area contributed by atoms with Crippen LogP contribution in [0.5, 0.6) is 5.75 Å². The molecule has 1 aromatic heterocycles. The van der Waals surface area contributed by atoms with Crippen LogP contribution in [0.15, 0.2) is 54.7 Å². The zero-order chi connectivity index (χ0) is 21.7. The van der Waals surface area contributed by atoms with Crippen molar-refractivity contribution in [1.29, 1.82) is 5.26 Å². The highest BCUT2D eigenvalue weighted by Gasteiger charge is 2.18. The van der Waals surface area contributed by atoms with Crippen molar-refractivity contribution in [3.8, 4) is 11.8 Å². The highest BCUT2D eigenvalue weighted by Crippen LogP contribution is 2.24. The number of nitrogens with one attached hydrogen (secondary N) is 2. The fraction of sp³-hybridized carbons (Fsp3) is 0.143. The molecular formula is C21H19FN6O2. The number of halogens is 1. The first kappa shape index (κ1) is 20.5. The summed E-state index contributed by atoms with van der Waals surface area (Å²) in [4.78, 5) is 19.3. The number of aromatic nitrogens is 2. The molecule has 30 heavy (non-hydrogen) atoms. The molecule has 0 bridgehead atoms. The fourth-order valence-electron chi connectivity index (χ4n) is 2.45. The highest BCUT2D eigenvalue weighted by molar-refractivity contribution is 5.93. The Morgan fingerprint density at radius 3 is 2.57 bits per heavy atom. The summed E-state index contributed by atoms with van der Waals surface area (Å²) in [5, 5.41) is 14.8. The first-order valence-electron chi connectivity index (χ1n) is 8.92. The van der Waals surface area contributed by atoms with Crippen LogP contribution in [-0.4, -0.2) is 21.5 Å². The smallest absolute Gasteiger partial charge is 0.248 e. The van der Waals surface area contributed by atoms with Gasteiger partial charge in [0.05, 0.1) is 6.20 Å². The van der Waals surface area contributed by atoms with Gasteiger partial charge in [0.15, 0.2) is 17.2 Å². The van der Waals surface area contributed by atoms with E-state index in [1.165, 1.54) is 0 Å². The summed E-state index contributed by atoms with van der Waals surface area (Å²) in [7, 11) is 0. The van der Waals surface area contributed by atoms with Crippen LogP contribution >= 0.6 is 0 Å². The Morgan fingerprint density at radius 2 is 1.90 bits per heavy atom. The van der Waals surface area contributed by atoms with Crippen molar-refractivity contribution < 1.29 is 13.9 Å². The van der Waals surface area contributed by atoms with E-state index in [1.54, 1.807) is 62.4 Å². The second-order valence-electron chi connectivity index (χ2n) is 6.83. The number of nitriles is 1. The van der Waals surface area contributed by atoms with E-state index in [1.807, 2.05) is 0 Å². The molecule has 0 fully saturated rings. The van der Waals surface area contributed by atoms with Crippen LogP contribution in [0, 0.1) is 17.1 Å². The van der Waals surface area contributed by atoms with Crippen molar-refractivity contribution in [3.05, 3.63) is 66.1 Å². The van der Waals surface area contributed by atoms with E-state index in [2.05, 4.69) is 26.7 Å². The van der Waals surface area contributed by atoms with Crippen LogP contribution in [0.3, 0.4) is 0 Å². The predicted octanol–water partition coefficient (Wildman–Crippen LogP) is 3.88. The lowest BCUT2D eigenvalue weighted by Gasteiger charge is -2.18. The highest BCUT2D eigenvalue weighted by atomic mass is 19.1. The topological polar surface area (TPSA) is 126 Å². The number of hydrogen-bond donors (Lipinski definition) is 3. The molecule has 1 heterocycles. The monoisotopic (exact) mass is 406 g/mol. The number of carbonyl (C=O) groups is 1. The van der Waals surface area contributed by atoms with Gasteiger partial charge in [0.1, 0.15) is 11.8 Å². The lowest BCUT2D eigenvalue weighted by atomic mass is 10.2. The van der Waals surface area contributed by atoms with Crippen molar-refractivity contribution >= 4 is 29.0 Å². The van der Waals surface area contributed by atoms with Gasteiger partial charge in [-0.3, -0.25) is 4.79 Å². The average Bonchev–Trinajstić information content (AvgIpc) is 2.72. The third kappa shape index (κ3) is 5.20. The van der Waals surface area contributed by atoms with E-state index < -0.39 is 17.3 Å². The van der Waals surface area contributed by atoms with Crippen LogP contribution in [-0.2, 0) is 0 Å². The molecule has 2 aromatic carbocycles. The maximum Gasteiger partial charge on any atom is 0.248 e. The number of carbonyl (C=O) groups excluding carboxylic acids is 1. The van der Waals surface area contributed by atoms with Crippen LogP contribution in [0.1, 0.15) is 24.2 Å². The number of amides is 1. The molecule has 0 aliphatic rings. The van der Waals surface area contributed by atoms with E-state index in [0.717, 1.165) is 6.20 Å². The van der Waals surface area contributed by atoms with Crippen LogP contribution in [0.4, 0.5) is 27.5 Å². The van der Waals surface area contributed by atoms with Gasteiger partial charge < -0.3 is 21.1 Å². The molecule has 0 saturated carbocycles. The van der Waals surface area contributed by atoms with Gasteiger partial charge >= 0.3 is 0 Å². The molecule has 3 aromatic rings. The van der Waals surface area contributed by atoms with Crippen molar-refractivity contribution in [3.63, 3.8) is 0 Å². The second-order valence-corrected chi connectivity index (χ2v) is 6.83. The molecule has 152 valence electrons. The lowest BCUT2D eigenvalue weighted by Crippen LogP contribution is -2.25. The Morgan fingerprint density at radius 1 is 1.17 bits per heavy atom. The number of anilines is 4. The average molecular weight is 406 g/mol. The summed E-state index contributed by atoms with van der Waals surface area (Å²) < 4.78 is 19.7. The van der Waals surface area contributed by atoms with E-state index in [4.69, 9.17) is 15.7 Å². The first-order valence-corrected chi connectivity index (χ1v) is 8.92. The SMILES string of the molecule is CC(C)(C#N)Oc1ccc(Nc2nc(Nc3cccc(C(N)=O)c3)ncc2F)cc1. The Labute approximate surface area is 172 Å². The summed E-state index contributed by atoms with van der Waals surface area (Å²) in [6.07, 6.45) is 1.03. The number of nitrogens with two attached hydrogens (primary N) is 1. The van der Waals surface area contributed by atoms with Gasteiger partial charge in [-0.15, -0.1) is 0 Å². The zero-order valence-corrected chi connectivity index (χ0v) is 16.3. The minimum absolute atomic E-state index is 0.0374. The predicted molar refractivity (Wildman–Crippen MR) is 110 cm³/mol. The van der Waals surface area contributed by atoms with E-state index in [0.29, 0.717) is 22.7 Å². The maximum absolute atomic E-state index is 14.2. The Balaban J connectivity index is 1.75. The fourth-order valence-corrected chi connectivity index (χ4v) is 2.45. The number of ether oxygens (including phenoxy) is 1. The van der Waals surface area contributed by atoms with Gasteiger partial charge in [-0.2, -0.15) is 10.2 Å². The van der Waals surface area contributed by atoms with Crippen molar-refractivity contribution in [2.75, 3.05) is 10.6 Å². The Bertz CT molecular complexity index is 1110. The third-order valence-corrected chi connectivity index (χ3v) is 3.91. The Hall–Kier alpha value is -4.19. The number of hydrogen-bond acceptors (Lipinski definition) is 7. The van der Waals surface area contributed by atoms with Crippen LogP contribution in [0.2, 0.25) is 0 Å². The van der Waals surface area contributed by atoms with E-state index >= 15 is 0 Å². The molecule has 8 nitrogen and oxygen atoms in total. The molecule has 0 radical (unpaired) electrons. The van der Waals surface area contributed by atoms with E-state index in [-0.39, 0.29) is 11.8 Å². The minimum Gasteiger partial charge on any atom is -0.473 e. The standard InChI is InChI=1S/C21H19FN6O2/c1-21(2,12-23)30-16-8-6-14(7-9-16)26-19-17(22)11-25-20(28-19)27-15-5-3-4-13(10-15)18(24)29/h3-11H,1-2H3,(H2,24,29)(H2,25,26,27,28). The molecule has 9 heteroatoms. The third-order valence-electron chi connectivity index (χ3n) is 3.91. The maximum atomic E-state index is 14.2. The quantitative estimate of drug-likeness (QED) is 0.543. The van der Waals surface area contributed by atoms with Gasteiger partial charge in [-0.1, -0.05) is 6.07 Å². The molecule has 0 saturated heterocycles. The Kier molecular flexibility index (Phi) is 5.78. The number of rotatable bonds is 7. The molecule has 1 amide bonds. The van der Waals surface area contributed by atoms with Gasteiger partial charge in [0.2, 0.25) is 11.9 Å². The number of nitrogens with zero attached hydrogens (tertiary/aromatic N) is 3. The minimum atomic E-state index is -0.958. The lowest BCUT2D eigenvalue weighted by molar-refractivity contribution is 0.100.